The third-order valence-electron chi connectivity index (χ3n) is 2.93. The molecule has 0 saturated heterocycles. The van der Waals surface area contributed by atoms with Crippen LogP contribution in [-0.2, 0) is 4.79 Å². The van der Waals surface area contributed by atoms with Crippen LogP contribution in [0.1, 0.15) is 30.6 Å². The van der Waals surface area contributed by atoms with E-state index in [0.29, 0.717) is 6.42 Å². The Bertz CT molecular complexity index is 532. The summed E-state index contributed by atoms with van der Waals surface area (Å²) in [6.07, 6.45) is 0.515. The van der Waals surface area contributed by atoms with Crippen molar-refractivity contribution in [2.75, 3.05) is 14.1 Å². The van der Waals surface area contributed by atoms with E-state index in [1.165, 1.54) is 11.0 Å². The lowest BCUT2D eigenvalue weighted by Crippen LogP contribution is -2.47. The molecule has 1 atom stereocenters. The van der Waals surface area contributed by atoms with E-state index >= 15 is 0 Å². The summed E-state index contributed by atoms with van der Waals surface area (Å²) in [6.45, 7) is 3.93. The van der Waals surface area contributed by atoms with Crippen molar-refractivity contribution < 1.29 is 14.0 Å². The normalized spacial score (nSPS) is 12.1. The van der Waals surface area contributed by atoms with Crippen LogP contribution in [0.5, 0.6) is 0 Å². The SMILES string of the molecule is CC(C)C[C@H](NC(=O)c1ccc(F)cc1Cl)C(=O)N(C)C. The first-order chi connectivity index (χ1) is 9.72. The molecule has 1 N–H and O–H groups in total. The average Bonchev–Trinajstić information content (AvgIpc) is 2.36. The molecule has 1 aromatic rings. The Kier molecular flexibility index (Phi) is 6.15. The van der Waals surface area contributed by atoms with E-state index in [1.54, 1.807) is 14.1 Å². The monoisotopic (exact) mass is 314 g/mol. The Morgan fingerprint density at radius 2 is 1.95 bits per heavy atom. The van der Waals surface area contributed by atoms with Crippen LogP contribution in [0.25, 0.3) is 0 Å². The molecule has 0 aromatic heterocycles. The Morgan fingerprint density at radius 1 is 1.33 bits per heavy atom. The highest BCUT2D eigenvalue weighted by molar-refractivity contribution is 6.33. The van der Waals surface area contributed by atoms with Gasteiger partial charge in [0.1, 0.15) is 11.9 Å². The van der Waals surface area contributed by atoms with Gasteiger partial charge < -0.3 is 10.2 Å². The van der Waals surface area contributed by atoms with E-state index in [0.717, 1.165) is 12.1 Å². The standard InChI is InChI=1S/C15H20ClFN2O2/c1-9(2)7-13(15(21)19(3)4)18-14(20)11-6-5-10(17)8-12(11)16/h5-6,8-9,13H,7H2,1-4H3,(H,18,20)/t13-/m0/s1. The van der Waals surface area contributed by atoms with E-state index in [1.807, 2.05) is 13.8 Å². The van der Waals surface area contributed by atoms with Gasteiger partial charge >= 0.3 is 0 Å². The van der Waals surface area contributed by atoms with Crippen LogP contribution < -0.4 is 5.32 Å². The largest absolute Gasteiger partial charge is 0.347 e. The van der Waals surface area contributed by atoms with Crippen molar-refractivity contribution in [3.05, 3.63) is 34.6 Å². The van der Waals surface area contributed by atoms with Gasteiger partial charge in [0.05, 0.1) is 10.6 Å². The fourth-order valence-corrected chi connectivity index (χ4v) is 2.17. The molecular formula is C15H20ClFN2O2. The van der Waals surface area contributed by atoms with Crippen molar-refractivity contribution in [2.45, 2.75) is 26.3 Å². The van der Waals surface area contributed by atoms with Crippen LogP contribution in [0.4, 0.5) is 4.39 Å². The van der Waals surface area contributed by atoms with Gasteiger partial charge in [-0.15, -0.1) is 0 Å². The third-order valence-corrected chi connectivity index (χ3v) is 3.24. The van der Waals surface area contributed by atoms with Gasteiger partial charge in [0.15, 0.2) is 0 Å². The smallest absolute Gasteiger partial charge is 0.253 e. The summed E-state index contributed by atoms with van der Waals surface area (Å²) in [5, 5.41) is 2.69. The minimum absolute atomic E-state index is 0.0214. The van der Waals surface area contributed by atoms with Crippen molar-refractivity contribution >= 4 is 23.4 Å². The minimum Gasteiger partial charge on any atom is -0.347 e. The molecule has 116 valence electrons. The number of rotatable bonds is 5. The van der Waals surface area contributed by atoms with Gasteiger partial charge in [-0.2, -0.15) is 0 Å². The summed E-state index contributed by atoms with van der Waals surface area (Å²) in [6, 6.07) is 2.90. The second kappa shape index (κ2) is 7.41. The van der Waals surface area contributed by atoms with Crippen molar-refractivity contribution in [2.24, 2.45) is 5.92 Å². The Morgan fingerprint density at radius 3 is 2.43 bits per heavy atom. The van der Waals surface area contributed by atoms with Crippen molar-refractivity contribution in [3.63, 3.8) is 0 Å². The fourth-order valence-electron chi connectivity index (χ4n) is 1.91. The van der Waals surface area contributed by atoms with E-state index in [-0.39, 0.29) is 22.4 Å². The zero-order chi connectivity index (χ0) is 16.2. The van der Waals surface area contributed by atoms with Crippen LogP contribution in [0.3, 0.4) is 0 Å². The first-order valence-electron chi connectivity index (χ1n) is 6.69. The van der Waals surface area contributed by atoms with Gasteiger partial charge in [-0.1, -0.05) is 25.4 Å². The van der Waals surface area contributed by atoms with E-state index < -0.39 is 17.8 Å². The van der Waals surface area contributed by atoms with E-state index in [4.69, 9.17) is 11.6 Å². The lowest BCUT2D eigenvalue weighted by atomic mass is 10.0. The number of hydrogen-bond donors (Lipinski definition) is 1. The van der Waals surface area contributed by atoms with Crippen LogP contribution in [0.2, 0.25) is 5.02 Å². The molecule has 21 heavy (non-hydrogen) atoms. The van der Waals surface area contributed by atoms with Crippen LogP contribution in [0, 0.1) is 11.7 Å². The van der Waals surface area contributed by atoms with Gasteiger partial charge in [-0.3, -0.25) is 9.59 Å². The summed E-state index contributed by atoms with van der Waals surface area (Å²) in [4.78, 5) is 25.7. The van der Waals surface area contributed by atoms with Gasteiger partial charge in [0.25, 0.3) is 5.91 Å². The van der Waals surface area contributed by atoms with Crippen molar-refractivity contribution in [3.8, 4) is 0 Å². The number of nitrogens with zero attached hydrogens (tertiary/aromatic N) is 1. The number of hydrogen-bond acceptors (Lipinski definition) is 2. The molecule has 0 unspecified atom stereocenters. The number of carbonyl (C=O) groups is 2. The highest BCUT2D eigenvalue weighted by atomic mass is 35.5. The highest BCUT2D eigenvalue weighted by Crippen LogP contribution is 2.18. The topological polar surface area (TPSA) is 49.4 Å². The maximum Gasteiger partial charge on any atom is 0.253 e. The number of benzene rings is 1. The summed E-state index contributed by atoms with van der Waals surface area (Å²) in [5.41, 5.74) is 0.151. The molecule has 0 bridgehead atoms. The average molecular weight is 315 g/mol. The molecule has 6 heteroatoms. The second-order valence-corrected chi connectivity index (χ2v) is 5.92. The maximum absolute atomic E-state index is 13.0. The zero-order valence-corrected chi connectivity index (χ0v) is 13.4. The number of nitrogens with one attached hydrogen (secondary N) is 1. The fraction of sp³-hybridized carbons (Fsp3) is 0.467. The molecule has 1 aromatic carbocycles. The molecular weight excluding hydrogens is 295 g/mol. The van der Waals surface area contributed by atoms with E-state index in [9.17, 15) is 14.0 Å². The third kappa shape index (κ3) is 5.01. The van der Waals surface area contributed by atoms with Gasteiger partial charge in [0.2, 0.25) is 5.91 Å². The Hall–Kier alpha value is -1.62. The molecule has 0 aliphatic rings. The maximum atomic E-state index is 13.0. The predicted molar refractivity (Wildman–Crippen MR) is 80.8 cm³/mol. The number of amides is 2. The summed E-state index contributed by atoms with van der Waals surface area (Å²) in [5.74, 6) is -0.946. The minimum atomic E-state index is -0.631. The molecule has 0 saturated carbocycles. The second-order valence-electron chi connectivity index (χ2n) is 5.51. The molecule has 1 rings (SSSR count). The Labute approximate surface area is 129 Å². The summed E-state index contributed by atoms with van der Waals surface area (Å²) in [7, 11) is 3.26. The van der Waals surface area contributed by atoms with E-state index in [2.05, 4.69) is 5.32 Å². The molecule has 0 heterocycles. The van der Waals surface area contributed by atoms with Crippen LogP contribution >= 0.6 is 11.6 Å². The molecule has 0 aliphatic carbocycles. The molecule has 2 amide bonds. The van der Waals surface area contributed by atoms with Crippen LogP contribution in [-0.4, -0.2) is 36.9 Å². The zero-order valence-electron chi connectivity index (χ0n) is 12.6. The molecule has 0 radical (unpaired) electrons. The molecule has 0 spiro atoms. The molecule has 0 aliphatic heterocycles. The van der Waals surface area contributed by atoms with Crippen LogP contribution in [0.15, 0.2) is 18.2 Å². The molecule has 4 nitrogen and oxygen atoms in total. The summed E-state index contributed by atoms with van der Waals surface area (Å²) < 4.78 is 13.0. The van der Waals surface area contributed by atoms with Crippen molar-refractivity contribution in [1.29, 1.82) is 0 Å². The molecule has 0 fully saturated rings. The first-order valence-corrected chi connectivity index (χ1v) is 7.07. The summed E-state index contributed by atoms with van der Waals surface area (Å²) >= 11 is 5.86. The lowest BCUT2D eigenvalue weighted by Gasteiger charge is -2.23. The van der Waals surface area contributed by atoms with Gasteiger partial charge in [-0.05, 0) is 30.5 Å². The predicted octanol–water partition coefficient (Wildman–Crippen LogP) is 2.71. The number of halogens is 2. The van der Waals surface area contributed by atoms with Gasteiger partial charge in [-0.25, -0.2) is 4.39 Å². The lowest BCUT2D eigenvalue weighted by molar-refractivity contribution is -0.131. The number of likely N-dealkylation sites (N-methyl/N-ethyl adjacent to an activating group) is 1. The number of carbonyl (C=O) groups excluding carboxylic acids is 2. The quantitative estimate of drug-likeness (QED) is 0.908. The van der Waals surface area contributed by atoms with Gasteiger partial charge in [0, 0.05) is 14.1 Å². The first kappa shape index (κ1) is 17.4. The van der Waals surface area contributed by atoms with Crippen molar-refractivity contribution in [1.82, 2.24) is 10.2 Å². The highest BCUT2D eigenvalue weighted by Gasteiger charge is 2.24. The Balaban J connectivity index is 2.92.